The lowest BCUT2D eigenvalue weighted by molar-refractivity contribution is 0.102. The fourth-order valence-electron chi connectivity index (χ4n) is 4.34. The first-order chi connectivity index (χ1) is 20.8. The molecule has 5 aromatic rings. The number of carbonyl (C=O) groups is 1. The lowest BCUT2D eigenvalue weighted by atomic mass is 10.2. The number of nitrogens with one attached hydrogen (secondary N) is 3. The van der Waals surface area contributed by atoms with Gasteiger partial charge in [-0.05, 0) is 48.5 Å². The second-order valence-electron chi connectivity index (χ2n) is 9.29. The van der Waals surface area contributed by atoms with E-state index < -0.39 is 15.9 Å². The molecule has 2 heterocycles. The van der Waals surface area contributed by atoms with Gasteiger partial charge in [0.25, 0.3) is 15.9 Å². The number of carbonyl (C=O) groups excluding carboxylic acids is 1. The Bertz CT molecular complexity index is 1940. The van der Waals surface area contributed by atoms with Gasteiger partial charge in [-0.1, -0.05) is 18.2 Å². The highest BCUT2D eigenvalue weighted by molar-refractivity contribution is 7.92. The first-order valence-electron chi connectivity index (χ1n) is 12.9. The number of nitrogens with zero attached hydrogens (tertiary/aromatic N) is 2. The van der Waals surface area contributed by atoms with E-state index in [2.05, 4.69) is 25.3 Å². The topological polar surface area (TPSA) is 150 Å². The van der Waals surface area contributed by atoms with Crippen molar-refractivity contribution in [2.24, 2.45) is 0 Å². The van der Waals surface area contributed by atoms with E-state index >= 15 is 0 Å². The molecule has 0 aliphatic carbocycles. The molecule has 0 radical (unpaired) electrons. The maximum atomic E-state index is 13.6. The van der Waals surface area contributed by atoms with E-state index in [9.17, 15) is 13.2 Å². The number of anilines is 4. The number of hydrogen-bond acceptors (Lipinski definition) is 10. The van der Waals surface area contributed by atoms with Crippen molar-refractivity contribution in [2.45, 2.75) is 4.90 Å². The second-order valence-corrected chi connectivity index (χ2v) is 11.0. The van der Waals surface area contributed by atoms with Crippen LogP contribution in [0.15, 0.2) is 89.8 Å². The fourth-order valence-corrected chi connectivity index (χ4v) is 5.40. The number of aromatic nitrogens is 2. The molecule has 0 fully saturated rings. The first-order valence-corrected chi connectivity index (χ1v) is 14.4. The van der Waals surface area contributed by atoms with Gasteiger partial charge in [0, 0.05) is 35.1 Å². The van der Waals surface area contributed by atoms with Gasteiger partial charge in [-0.2, -0.15) is 0 Å². The van der Waals surface area contributed by atoms with Crippen LogP contribution in [-0.4, -0.2) is 45.3 Å². The molecular formula is C30H25N5O7S. The van der Waals surface area contributed by atoms with E-state index in [1.807, 2.05) is 6.07 Å². The normalized spacial score (nSPS) is 12.0. The summed E-state index contributed by atoms with van der Waals surface area (Å²) in [5, 5.41) is 5.85. The average Bonchev–Trinajstić information content (AvgIpc) is 3.49. The van der Waals surface area contributed by atoms with Crippen molar-refractivity contribution in [2.75, 3.05) is 36.4 Å². The Morgan fingerprint density at radius 2 is 1.47 bits per heavy atom. The average molecular weight is 600 g/mol. The van der Waals surface area contributed by atoms with Gasteiger partial charge in [-0.15, -0.1) is 0 Å². The molecule has 0 bridgehead atoms. The largest absolute Gasteiger partial charge is 0.497 e. The number of hydrogen-bond donors (Lipinski definition) is 3. The molecule has 1 amide bonds. The van der Waals surface area contributed by atoms with Gasteiger partial charge in [-0.25, -0.2) is 18.4 Å². The number of methoxy groups -OCH3 is 2. The molecule has 43 heavy (non-hydrogen) atoms. The maximum absolute atomic E-state index is 13.6. The van der Waals surface area contributed by atoms with E-state index in [1.54, 1.807) is 60.7 Å². The molecule has 1 aromatic heterocycles. The van der Waals surface area contributed by atoms with E-state index in [0.29, 0.717) is 45.3 Å². The van der Waals surface area contributed by atoms with Crippen LogP contribution in [0, 0.1) is 0 Å². The number of para-hydroxylation sites is 2. The standard InChI is InChI=1S/C30H25N5O7S/c1-39-21-13-20(14-22(16-21)40-2)31-28-29(34-25-9-4-3-8-24(25)33-28)35-43(37,38)23-7-5-6-19(15-23)32-30(36)18-10-11-26-27(12-18)42-17-41-26/h3-16H,17H2,1-2H3,(H,31,33)(H,32,36)(H,34,35). The molecule has 0 unspecified atom stereocenters. The quantitative estimate of drug-likeness (QED) is 0.207. The van der Waals surface area contributed by atoms with Gasteiger partial charge in [0.1, 0.15) is 11.5 Å². The molecule has 0 atom stereocenters. The molecule has 1 aliphatic heterocycles. The van der Waals surface area contributed by atoms with Crippen molar-refractivity contribution in [1.82, 2.24) is 9.97 Å². The summed E-state index contributed by atoms with van der Waals surface area (Å²) in [5.74, 6) is 1.74. The van der Waals surface area contributed by atoms with Crippen molar-refractivity contribution in [3.8, 4) is 23.0 Å². The minimum Gasteiger partial charge on any atom is -0.497 e. The van der Waals surface area contributed by atoms with E-state index in [0.717, 1.165) is 0 Å². The van der Waals surface area contributed by atoms with Crippen LogP contribution in [-0.2, 0) is 10.0 Å². The first kappa shape index (κ1) is 27.6. The molecule has 12 nitrogen and oxygen atoms in total. The Kier molecular flexibility index (Phi) is 7.30. The van der Waals surface area contributed by atoms with Crippen LogP contribution < -0.4 is 34.3 Å². The zero-order chi connectivity index (χ0) is 30.0. The summed E-state index contributed by atoms with van der Waals surface area (Å²) in [6.45, 7) is 0.0832. The van der Waals surface area contributed by atoms with Gasteiger partial charge in [0.05, 0.1) is 30.1 Å². The smallest absolute Gasteiger partial charge is 0.263 e. The van der Waals surface area contributed by atoms with Crippen molar-refractivity contribution in [3.05, 3.63) is 90.5 Å². The maximum Gasteiger partial charge on any atom is 0.263 e. The summed E-state index contributed by atoms with van der Waals surface area (Å²) < 4.78 is 51.0. The van der Waals surface area contributed by atoms with E-state index in [1.165, 1.54) is 32.4 Å². The summed E-state index contributed by atoms with van der Waals surface area (Å²) in [4.78, 5) is 21.9. The van der Waals surface area contributed by atoms with Gasteiger partial charge in [-0.3, -0.25) is 9.52 Å². The Morgan fingerprint density at radius 3 is 2.19 bits per heavy atom. The predicted octanol–water partition coefficient (Wildman–Crippen LogP) is 5.17. The highest BCUT2D eigenvalue weighted by atomic mass is 32.2. The second kappa shape index (κ2) is 11.4. The van der Waals surface area contributed by atoms with Crippen molar-refractivity contribution >= 4 is 50.0 Å². The van der Waals surface area contributed by atoms with Gasteiger partial charge in [0.15, 0.2) is 23.1 Å². The summed E-state index contributed by atoms with van der Waals surface area (Å²) in [7, 11) is -1.13. The number of fused-ring (bicyclic) bond motifs is 2. The van der Waals surface area contributed by atoms with Gasteiger partial charge in [0.2, 0.25) is 6.79 Å². The molecule has 4 aromatic carbocycles. The minimum absolute atomic E-state index is 0.0321. The molecule has 0 saturated heterocycles. The molecule has 0 saturated carbocycles. The summed E-state index contributed by atoms with van der Waals surface area (Å²) in [6, 6.07) is 22.9. The SMILES string of the molecule is COc1cc(Nc2nc3ccccc3nc2NS(=O)(=O)c2cccc(NC(=O)c3ccc4c(c3)OCO4)c2)cc(OC)c1. The van der Waals surface area contributed by atoms with E-state index in [-0.39, 0.29) is 29.0 Å². The van der Waals surface area contributed by atoms with Crippen molar-refractivity contribution in [1.29, 1.82) is 0 Å². The third kappa shape index (κ3) is 5.92. The molecular weight excluding hydrogens is 574 g/mol. The minimum atomic E-state index is -4.18. The Hall–Kier alpha value is -5.56. The van der Waals surface area contributed by atoms with Crippen molar-refractivity contribution < 1.29 is 32.2 Å². The number of sulfonamides is 1. The fraction of sp³-hybridized carbons (Fsp3) is 0.100. The molecule has 13 heteroatoms. The summed E-state index contributed by atoms with van der Waals surface area (Å²) in [5.41, 5.74) is 2.17. The molecule has 1 aliphatic rings. The summed E-state index contributed by atoms with van der Waals surface area (Å²) in [6.07, 6.45) is 0. The van der Waals surface area contributed by atoms with Crippen LogP contribution in [0.2, 0.25) is 0 Å². The molecule has 3 N–H and O–H groups in total. The zero-order valence-corrected chi connectivity index (χ0v) is 23.8. The summed E-state index contributed by atoms with van der Waals surface area (Å²) >= 11 is 0. The van der Waals surface area contributed by atoms with E-state index in [4.69, 9.17) is 18.9 Å². The molecule has 218 valence electrons. The Morgan fingerprint density at radius 1 is 0.767 bits per heavy atom. The number of rotatable bonds is 9. The monoisotopic (exact) mass is 599 g/mol. The Balaban J connectivity index is 1.29. The number of amides is 1. The number of benzene rings is 4. The van der Waals surface area contributed by atoms with Crippen LogP contribution >= 0.6 is 0 Å². The number of ether oxygens (including phenoxy) is 4. The lowest BCUT2D eigenvalue weighted by Crippen LogP contribution is -2.17. The third-order valence-electron chi connectivity index (χ3n) is 6.45. The Labute approximate surface area is 246 Å². The molecule has 0 spiro atoms. The van der Waals surface area contributed by atoms with Crippen molar-refractivity contribution in [3.63, 3.8) is 0 Å². The van der Waals surface area contributed by atoms with Crippen LogP contribution in [0.25, 0.3) is 11.0 Å². The lowest BCUT2D eigenvalue weighted by Gasteiger charge is -2.15. The van der Waals surface area contributed by atoms with Crippen LogP contribution in [0.5, 0.6) is 23.0 Å². The highest BCUT2D eigenvalue weighted by Gasteiger charge is 2.21. The van der Waals surface area contributed by atoms with Crippen LogP contribution in [0.3, 0.4) is 0 Å². The van der Waals surface area contributed by atoms with Gasteiger partial charge >= 0.3 is 0 Å². The highest BCUT2D eigenvalue weighted by Crippen LogP contribution is 2.34. The van der Waals surface area contributed by atoms with Crippen LogP contribution in [0.4, 0.5) is 23.0 Å². The van der Waals surface area contributed by atoms with Crippen LogP contribution in [0.1, 0.15) is 10.4 Å². The predicted molar refractivity (Wildman–Crippen MR) is 160 cm³/mol. The van der Waals surface area contributed by atoms with Gasteiger partial charge < -0.3 is 29.6 Å². The zero-order valence-electron chi connectivity index (χ0n) is 23.0. The molecule has 6 rings (SSSR count). The third-order valence-corrected chi connectivity index (χ3v) is 7.79.